The third-order valence-electron chi connectivity index (χ3n) is 3.02. The first-order valence-corrected chi connectivity index (χ1v) is 7.90. The molecule has 0 aliphatic carbocycles. The third-order valence-corrected chi connectivity index (χ3v) is 4.49. The molecule has 0 heterocycles. The number of hydrogen-bond donors (Lipinski definition) is 3. The summed E-state index contributed by atoms with van der Waals surface area (Å²) in [4.78, 5) is 10.8. The first kappa shape index (κ1) is 16.6. The van der Waals surface area contributed by atoms with Crippen LogP contribution in [-0.4, -0.2) is 27.9 Å². The molecule has 0 aliphatic rings. The molecule has 0 radical (unpaired) electrons. The fourth-order valence-electron chi connectivity index (χ4n) is 1.65. The second kappa shape index (κ2) is 7.37. The number of amides is 1. The number of benzene rings is 1. The summed E-state index contributed by atoms with van der Waals surface area (Å²) < 4.78 is 26.4. The Kier molecular flexibility index (Phi) is 6.12. The van der Waals surface area contributed by atoms with Gasteiger partial charge in [0.25, 0.3) is 0 Å². The number of carbonyl (C=O) groups excluding carboxylic acids is 1. The molecule has 1 aromatic carbocycles. The van der Waals surface area contributed by atoms with Crippen LogP contribution in [0.2, 0.25) is 0 Å². The van der Waals surface area contributed by atoms with Crippen LogP contribution in [0.1, 0.15) is 31.4 Å². The molecule has 0 spiro atoms. The van der Waals surface area contributed by atoms with Gasteiger partial charge in [0, 0.05) is 19.0 Å². The summed E-state index contributed by atoms with van der Waals surface area (Å²) in [6, 6.07) is 6.85. The molecule has 0 fully saturated rings. The van der Waals surface area contributed by atoms with Crippen molar-refractivity contribution in [1.29, 1.82) is 0 Å². The third kappa shape index (κ3) is 4.92. The summed E-state index contributed by atoms with van der Waals surface area (Å²) in [7, 11) is -1.69. The van der Waals surface area contributed by atoms with Crippen molar-refractivity contribution in [3.8, 4) is 0 Å². The van der Waals surface area contributed by atoms with Gasteiger partial charge in [0.2, 0.25) is 15.9 Å². The Hall–Kier alpha value is -1.44. The zero-order valence-corrected chi connectivity index (χ0v) is 12.5. The molecule has 0 aromatic heterocycles. The van der Waals surface area contributed by atoms with E-state index in [4.69, 9.17) is 5.73 Å². The molecular weight excluding hydrogens is 278 g/mol. The Morgan fingerprint density at radius 3 is 2.40 bits per heavy atom. The van der Waals surface area contributed by atoms with Crippen LogP contribution in [0.15, 0.2) is 29.2 Å². The lowest BCUT2D eigenvalue weighted by atomic mass is 10.1. The van der Waals surface area contributed by atoms with Crippen molar-refractivity contribution < 1.29 is 13.2 Å². The molecule has 7 heteroatoms. The highest BCUT2D eigenvalue weighted by Crippen LogP contribution is 2.15. The topological polar surface area (TPSA) is 101 Å². The van der Waals surface area contributed by atoms with Crippen molar-refractivity contribution in [1.82, 2.24) is 10.0 Å². The minimum absolute atomic E-state index is 0.162. The highest BCUT2D eigenvalue weighted by atomic mass is 32.2. The van der Waals surface area contributed by atoms with Crippen LogP contribution in [0.4, 0.5) is 0 Å². The molecule has 0 aliphatic heterocycles. The summed E-state index contributed by atoms with van der Waals surface area (Å²) in [6.07, 6.45) is 0.560. The summed E-state index contributed by atoms with van der Waals surface area (Å²) in [6.45, 7) is 2.19. The maximum Gasteiger partial charge on any atom is 0.240 e. The first-order valence-electron chi connectivity index (χ1n) is 6.42. The molecular formula is C13H21N3O3S. The maximum atomic E-state index is 12.0. The molecule has 4 N–H and O–H groups in total. The summed E-state index contributed by atoms with van der Waals surface area (Å²) >= 11 is 0. The van der Waals surface area contributed by atoms with Gasteiger partial charge in [-0.1, -0.05) is 12.1 Å². The maximum absolute atomic E-state index is 12.0. The Morgan fingerprint density at radius 2 is 1.90 bits per heavy atom. The van der Waals surface area contributed by atoms with E-state index in [1.807, 2.05) is 14.0 Å². The van der Waals surface area contributed by atoms with Gasteiger partial charge in [-0.25, -0.2) is 13.1 Å². The first-order chi connectivity index (χ1) is 9.36. The molecule has 1 aromatic rings. The molecule has 1 atom stereocenters. The van der Waals surface area contributed by atoms with E-state index in [-0.39, 0.29) is 23.9 Å². The van der Waals surface area contributed by atoms with Crippen LogP contribution in [-0.2, 0) is 14.8 Å². The smallest absolute Gasteiger partial charge is 0.240 e. The standard InChI is InChI=1S/C13H21N3O3S/c1-10(15-2)11-5-7-12(8-6-11)20(18,19)16-9-3-4-13(14)17/h5-8,10,15-16H,3-4,9H2,1-2H3,(H2,14,17). The number of primary amides is 1. The van der Waals surface area contributed by atoms with Crippen molar-refractivity contribution >= 4 is 15.9 Å². The van der Waals surface area contributed by atoms with E-state index in [1.54, 1.807) is 24.3 Å². The summed E-state index contributed by atoms with van der Waals surface area (Å²) in [5.41, 5.74) is 6.00. The molecule has 0 saturated carbocycles. The molecule has 1 unspecified atom stereocenters. The fourth-order valence-corrected chi connectivity index (χ4v) is 2.73. The number of rotatable bonds is 8. The number of sulfonamides is 1. The van der Waals surface area contributed by atoms with Gasteiger partial charge in [-0.05, 0) is 38.1 Å². The van der Waals surface area contributed by atoms with E-state index in [9.17, 15) is 13.2 Å². The predicted octanol–water partition coefficient (Wildman–Crippen LogP) is 0.511. The quantitative estimate of drug-likeness (QED) is 0.609. The van der Waals surface area contributed by atoms with Crippen LogP contribution in [0.25, 0.3) is 0 Å². The largest absolute Gasteiger partial charge is 0.370 e. The molecule has 0 saturated heterocycles. The average molecular weight is 299 g/mol. The van der Waals surface area contributed by atoms with Crippen molar-refractivity contribution in [2.45, 2.75) is 30.7 Å². The van der Waals surface area contributed by atoms with E-state index < -0.39 is 15.9 Å². The SMILES string of the molecule is CNC(C)c1ccc(S(=O)(=O)NCCCC(N)=O)cc1. The lowest BCUT2D eigenvalue weighted by Crippen LogP contribution is -2.26. The Labute approximate surface area is 119 Å². The van der Waals surface area contributed by atoms with Crippen molar-refractivity contribution in [3.63, 3.8) is 0 Å². The number of nitrogens with two attached hydrogens (primary N) is 1. The number of nitrogens with one attached hydrogen (secondary N) is 2. The Balaban J connectivity index is 2.65. The van der Waals surface area contributed by atoms with Crippen LogP contribution in [0, 0.1) is 0 Å². The number of hydrogen-bond acceptors (Lipinski definition) is 4. The van der Waals surface area contributed by atoms with Gasteiger partial charge in [0.1, 0.15) is 0 Å². The molecule has 112 valence electrons. The van der Waals surface area contributed by atoms with E-state index >= 15 is 0 Å². The van der Waals surface area contributed by atoms with E-state index in [0.717, 1.165) is 5.56 Å². The Bertz CT molecular complexity index is 540. The predicted molar refractivity (Wildman–Crippen MR) is 77.5 cm³/mol. The van der Waals surface area contributed by atoms with Crippen molar-refractivity contribution in [2.75, 3.05) is 13.6 Å². The van der Waals surface area contributed by atoms with Crippen molar-refractivity contribution in [2.24, 2.45) is 5.73 Å². The highest BCUT2D eigenvalue weighted by Gasteiger charge is 2.13. The second-order valence-corrected chi connectivity index (χ2v) is 6.31. The minimum Gasteiger partial charge on any atom is -0.370 e. The zero-order chi connectivity index (χ0) is 15.2. The van der Waals surface area contributed by atoms with Gasteiger partial charge in [0.05, 0.1) is 4.90 Å². The second-order valence-electron chi connectivity index (χ2n) is 4.55. The number of carbonyl (C=O) groups is 1. The normalized spacial score (nSPS) is 13.1. The van der Waals surface area contributed by atoms with Gasteiger partial charge in [-0.2, -0.15) is 0 Å². The molecule has 20 heavy (non-hydrogen) atoms. The van der Waals surface area contributed by atoms with E-state index in [1.165, 1.54) is 0 Å². The Morgan fingerprint density at radius 1 is 1.30 bits per heavy atom. The minimum atomic E-state index is -3.53. The van der Waals surface area contributed by atoms with E-state index in [0.29, 0.717) is 6.42 Å². The summed E-state index contributed by atoms with van der Waals surface area (Å²) in [5.74, 6) is -0.436. The van der Waals surface area contributed by atoms with Crippen LogP contribution >= 0.6 is 0 Å². The zero-order valence-electron chi connectivity index (χ0n) is 11.7. The van der Waals surface area contributed by atoms with Gasteiger partial charge in [0.15, 0.2) is 0 Å². The monoisotopic (exact) mass is 299 g/mol. The van der Waals surface area contributed by atoms with Crippen LogP contribution in [0.3, 0.4) is 0 Å². The van der Waals surface area contributed by atoms with Gasteiger partial charge in [-0.3, -0.25) is 4.79 Å². The fraction of sp³-hybridized carbons (Fsp3) is 0.462. The lowest BCUT2D eigenvalue weighted by Gasteiger charge is -2.11. The van der Waals surface area contributed by atoms with Gasteiger partial charge < -0.3 is 11.1 Å². The molecule has 1 amide bonds. The molecule has 6 nitrogen and oxygen atoms in total. The van der Waals surface area contributed by atoms with E-state index in [2.05, 4.69) is 10.0 Å². The molecule has 0 bridgehead atoms. The highest BCUT2D eigenvalue weighted by molar-refractivity contribution is 7.89. The van der Waals surface area contributed by atoms with Crippen LogP contribution in [0.5, 0.6) is 0 Å². The van der Waals surface area contributed by atoms with Crippen LogP contribution < -0.4 is 15.8 Å². The van der Waals surface area contributed by atoms with Gasteiger partial charge >= 0.3 is 0 Å². The average Bonchev–Trinajstić information content (AvgIpc) is 2.43. The molecule has 1 rings (SSSR count). The van der Waals surface area contributed by atoms with Crippen molar-refractivity contribution in [3.05, 3.63) is 29.8 Å². The van der Waals surface area contributed by atoms with Gasteiger partial charge in [-0.15, -0.1) is 0 Å². The summed E-state index contributed by atoms with van der Waals surface area (Å²) in [5, 5.41) is 3.08. The lowest BCUT2D eigenvalue weighted by molar-refractivity contribution is -0.118.